The van der Waals surface area contributed by atoms with Gasteiger partial charge in [0.25, 0.3) is 0 Å². The third kappa shape index (κ3) is 2.06. The number of imidazole rings is 1. The van der Waals surface area contributed by atoms with E-state index in [-0.39, 0.29) is 0 Å². The summed E-state index contributed by atoms with van der Waals surface area (Å²) in [5, 5.41) is 9.87. The number of nitriles is 1. The van der Waals surface area contributed by atoms with Crippen LogP contribution in [0.15, 0.2) is 40.9 Å². The first-order chi connectivity index (χ1) is 9.61. The number of rotatable bonds is 1. The van der Waals surface area contributed by atoms with Gasteiger partial charge in [0.15, 0.2) is 4.77 Å². The topological polar surface area (TPSA) is 44.5 Å². The predicted molar refractivity (Wildman–Crippen MR) is 85.9 cm³/mol. The highest BCUT2D eigenvalue weighted by atomic mass is 79.9. The summed E-state index contributed by atoms with van der Waals surface area (Å²) in [5.41, 5.74) is 2.88. The molecule has 2 aromatic carbocycles. The van der Waals surface area contributed by atoms with Gasteiger partial charge < -0.3 is 4.98 Å². The molecule has 0 amide bonds. The molecule has 6 heteroatoms. The molecule has 1 N–H and O–H groups in total. The highest BCUT2D eigenvalue weighted by molar-refractivity contribution is 9.10. The van der Waals surface area contributed by atoms with Crippen LogP contribution in [0.5, 0.6) is 0 Å². The number of fused-ring (bicyclic) bond motifs is 1. The van der Waals surface area contributed by atoms with Gasteiger partial charge >= 0.3 is 0 Å². The Morgan fingerprint density at radius 1 is 1.30 bits per heavy atom. The molecule has 0 atom stereocenters. The minimum absolute atomic E-state index is 0.503. The molecule has 1 heterocycles. The van der Waals surface area contributed by atoms with Crippen molar-refractivity contribution < 1.29 is 0 Å². The van der Waals surface area contributed by atoms with Crippen LogP contribution in [0, 0.1) is 16.1 Å². The zero-order valence-corrected chi connectivity index (χ0v) is 13.2. The lowest BCUT2D eigenvalue weighted by Gasteiger charge is -2.07. The quantitative estimate of drug-likeness (QED) is 0.619. The Morgan fingerprint density at radius 3 is 2.85 bits per heavy atom. The Labute approximate surface area is 133 Å². The lowest BCUT2D eigenvalue weighted by molar-refractivity contribution is 1.06. The van der Waals surface area contributed by atoms with Gasteiger partial charge in [-0.15, -0.1) is 0 Å². The molecular weight excluding hydrogens is 358 g/mol. The molecule has 0 radical (unpaired) electrons. The van der Waals surface area contributed by atoms with Crippen molar-refractivity contribution in [3.05, 3.63) is 56.2 Å². The van der Waals surface area contributed by atoms with E-state index in [4.69, 9.17) is 23.8 Å². The second-order valence-electron chi connectivity index (χ2n) is 4.17. The molecule has 0 saturated carbocycles. The van der Waals surface area contributed by atoms with Crippen LogP contribution in [0.1, 0.15) is 5.56 Å². The van der Waals surface area contributed by atoms with E-state index in [1.54, 1.807) is 12.1 Å². The smallest absolute Gasteiger partial charge is 0.182 e. The predicted octanol–water partition coefficient (Wildman–Crippen LogP) is 4.98. The van der Waals surface area contributed by atoms with Gasteiger partial charge in [-0.3, -0.25) is 4.57 Å². The number of hydrogen-bond acceptors (Lipinski definition) is 2. The molecule has 0 aliphatic rings. The summed E-state index contributed by atoms with van der Waals surface area (Å²) >= 11 is 15.0. The first kappa shape index (κ1) is 13.4. The summed E-state index contributed by atoms with van der Waals surface area (Å²) in [6.45, 7) is 0. The lowest BCUT2D eigenvalue weighted by atomic mass is 10.2. The molecule has 0 spiro atoms. The van der Waals surface area contributed by atoms with Crippen molar-refractivity contribution in [2.24, 2.45) is 0 Å². The van der Waals surface area contributed by atoms with Gasteiger partial charge in [-0.25, -0.2) is 0 Å². The number of halogens is 2. The van der Waals surface area contributed by atoms with Crippen LogP contribution >= 0.6 is 39.7 Å². The van der Waals surface area contributed by atoms with Crippen LogP contribution in [0.25, 0.3) is 16.7 Å². The molecule has 0 fully saturated rings. The highest BCUT2D eigenvalue weighted by Gasteiger charge is 2.12. The summed E-state index contributed by atoms with van der Waals surface area (Å²) in [4.78, 5) is 3.09. The van der Waals surface area contributed by atoms with Crippen molar-refractivity contribution in [2.45, 2.75) is 0 Å². The van der Waals surface area contributed by atoms with Crippen LogP contribution in [0.3, 0.4) is 0 Å². The average Bonchev–Trinajstić information content (AvgIpc) is 2.76. The van der Waals surface area contributed by atoms with Crippen LogP contribution in [-0.4, -0.2) is 9.55 Å². The van der Waals surface area contributed by atoms with Gasteiger partial charge in [-0.2, -0.15) is 5.26 Å². The van der Waals surface area contributed by atoms with Crippen LogP contribution < -0.4 is 0 Å². The number of nitrogens with zero attached hydrogens (tertiary/aromatic N) is 2. The molecule has 3 aromatic rings. The van der Waals surface area contributed by atoms with Gasteiger partial charge in [0.05, 0.1) is 27.3 Å². The van der Waals surface area contributed by atoms with Crippen LogP contribution in [0.4, 0.5) is 0 Å². The molecule has 1 aromatic heterocycles. The molecule has 98 valence electrons. The minimum Gasteiger partial charge on any atom is -0.329 e. The number of nitrogens with one attached hydrogen (secondary N) is 1. The summed E-state index contributed by atoms with van der Waals surface area (Å²) in [5.74, 6) is 0. The number of benzene rings is 2. The number of hydrogen-bond donors (Lipinski definition) is 1. The van der Waals surface area contributed by atoms with Gasteiger partial charge in [0.1, 0.15) is 6.07 Å². The second-order valence-corrected chi connectivity index (χ2v) is 5.88. The van der Waals surface area contributed by atoms with E-state index in [1.807, 2.05) is 28.8 Å². The molecule has 0 unspecified atom stereocenters. The van der Waals surface area contributed by atoms with Gasteiger partial charge in [0.2, 0.25) is 0 Å². The fourth-order valence-electron chi connectivity index (χ4n) is 2.12. The molecular formula is C14H7BrClN3S. The zero-order chi connectivity index (χ0) is 14.3. The number of aromatic nitrogens is 2. The monoisotopic (exact) mass is 363 g/mol. The standard InChI is InChI=1S/C14H7BrClN3S/c15-9-5-4-8(7-17)12(6-9)19-11-3-1-2-10(16)13(11)18-14(19)20/h1-6H,(H,18,20). The molecule has 0 aliphatic carbocycles. The van der Waals surface area contributed by atoms with Crippen molar-refractivity contribution in [1.82, 2.24) is 9.55 Å². The Hall–Kier alpha value is -1.61. The van der Waals surface area contributed by atoms with Gasteiger partial charge in [0, 0.05) is 4.47 Å². The maximum absolute atomic E-state index is 9.28. The molecule has 3 nitrogen and oxygen atoms in total. The summed E-state index contributed by atoms with van der Waals surface area (Å²) in [6.07, 6.45) is 0. The van der Waals surface area contributed by atoms with Crippen molar-refractivity contribution in [3.63, 3.8) is 0 Å². The highest BCUT2D eigenvalue weighted by Crippen LogP contribution is 2.28. The summed E-state index contributed by atoms with van der Waals surface area (Å²) in [7, 11) is 0. The van der Waals surface area contributed by atoms with E-state index in [1.165, 1.54) is 0 Å². The Bertz CT molecular complexity index is 920. The SMILES string of the molecule is N#Cc1ccc(Br)cc1-n1c(=S)[nH]c2c(Cl)cccc21. The summed E-state index contributed by atoms with van der Waals surface area (Å²) in [6, 6.07) is 13.2. The van der Waals surface area contributed by atoms with Crippen molar-refractivity contribution in [2.75, 3.05) is 0 Å². The molecule has 0 bridgehead atoms. The average molecular weight is 365 g/mol. The maximum Gasteiger partial charge on any atom is 0.182 e. The first-order valence-electron chi connectivity index (χ1n) is 5.71. The van der Waals surface area contributed by atoms with E-state index in [9.17, 15) is 5.26 Å². The second kappa shape index (κ2) is 5.06. The maximum atomic E-state index is 9.28. The number of para-hydroxylation sites is 1. The van der Waals surface area contributed by atoms with Crippen LogP contribution in [0.2, 0.25) is 5.02 Å². The Kier molecular flexibility index (Phi) is 3.38. The number of H-pyrrole nitrogens is 1. The fraction of sp³-hybridized carbons (Fsp3) is 0. The van der Waals surface area contributed by atoms with Crippen molar-refractivity contribution >= 4 is 50.8 Å². The van der Waals surface area contributed by atoms with Crippen molar-refractivity contribution in [1.29, 1.82) is 5.26 Å². The Morgan fingerprint density at radius 2 is 2.10 bits per heavy atom. The fourth-order valence-corrected chi connectivity index (χ4v) is 2.98. The first-order valence-corrected chi connectivity index (χ1v) is 7.29. The van der Waals surface area contributed by atoms with Gasteiger partial charge in [-0.1, -0.05) is 33.6 Å². The van der Waals surface area contributed by atoms with Crippen LogP contribution in [-0.2, 0) is 0 Å². The largest absolute Gasteiger partial charge is 0.329 e. The minimum atomic E-state index is 0.503. The number of aromatic amines is 1. The van der Waals surface area contributed by atoms with Gasteiger partial charge in [-0.05, 0) is 42.5 Å². The molecule has 20 heavy (non-hydrogen) atoms. The normalized spacial score (nSPS) is 10.7. The lowest BCUT2D eigenvalue weighted by Crippen LogP contribution is -1.97. The van der Waals surface area contributed by atoms with E-state index >= 15 is 0 Å². The molecule has 0 aliphatic heterocycles. The molecule has 0 saturated heterocycles. The summed E-state index contributed by atoms with van der Waals surface area (Å²) < 4.78 is 3.20. The van der Waals surface area contributed by atoms with E-state index in [2.05, 4.69) is 27.0 Å². The van der Waals surface area contributed by atoms with E-state index < -0.39 is 0 Å². The van der Waals surface area contributed by atoms with E-state index in [0.717, 1.165) is 21.2 Å². The Balaban J connectivity index is 2.45. The zero-order valence-electron chi connectivity index (χ0n) is 10.0. The van der Waals surface area contributed by atoms with Crippen molar-refractivity contribution in [3.8, 4) is 11.8 Å². The third-order valence-corrected chi connectivity index (χ3v) is 4.08. The molecule has 3 rings (SSSR count). The van der Waals surface area contributed by atoms with E-state index in [0.29, 0.717) is 15.4 Å². The third-order valence-electron chi connectivity index (χ3n) is 2.99.